The Morgan fingerprint density at radius 1 is 0.860 bits per heavy atom. The third-order valence-electron chi connectivity index (χ3n) is 9.85. The Hall–Kier alpha value is -3.32. The summed E-state index contributed by atoms with van der Waals surface area (Å²) in [6, 6.07) is 11.9. The first kappa shape index (κ1) is 39.5. The number of carbonyl (C=O) groups is 3. The Kier molecular flexibility index (Phi) is 15.7. The number of nitrogens with zero attached hydrogens (tertiary/aromatic N) is 3. The quantitative estimate of drug-likeness (QED) is 0.0595. The summed E-state index contributed by atoms with van der Waals surface area (Å²) in [6.07, 6.45) is 18.2. The number of hydrogen-bond donors (Lipinski definition) is 3. The van der Waals surface area contributed by atoms with Crippen LogP contribution >= 0.6 is 0 Å². The maximum atomic E-state index is 14.0. The van der Waals surface area contributed by atoms with Gasteiger partial charge < -0.3 is 15.5 Å². The minimum atomic E-state index is -3.60. The summed E-state index contributed by atoms with van der Waals surface area (Å²) < 4.78 is 28.8. The number of hydrogen-bond acceptors (Lipinski definition) is 7. The Morgan fingerprint density at radius 3 is 2.02 bits per heavy atom. The number of benzene rings is 2. The molecule has 0 saturated carbocycles. The van der Waals surface area contributed by atoms with Crippen LogP contribution in [0, 0.1) is 0 Å². The number of fused-ring (bicyclic) bond motifs is 2. The number of para-hydroxylation sites is 1. The van der Waals surface area contributed by atoms with Gasteiger partial charge in [0, 0.05) is 31.2 Å². The Balaban J connectivity index is 1.26. The number of amides is 3. The summed E-state index contributed by atoms with van der Waals surface area (Å²) in [5.41, 5.74) is 7.06. The number of anilines is 2. The second-order valence-corrected chi connectivity index (χ2v) is 15.7. The van der Waals surface area contributed by atoms with Crippen LogP contribution in [0.2, 0.25) is 0 Å². The molecular formula is C38H58N6O5S. The molecule has 0 unspecified atom stereocenters. The lowest BCUT2D eigenvalue weighted by molar-refractivity contribution is -0.122. The van der Waals surface area contributed by atoms with Gasteiger partial charge in [0.1, 0.15) is 6.04 Å². The summed E-state index contributed by atoms with van der Waals surface area (Å²) in [4.78, 5) is 43.9. The van der Waals surface area contributed by atoms with Gasteiger partial charge in [-0.2, -0.15) is 0 Å². The van der Waals surface area contributed by atoms with Crippen molar-refractivity contribution in [1.82, 2.24) is 9.62 Å². The second-order valence-electron chi connectivity index (χ2n) is 13.8. The molecule has 0 aromatic heterocycles. The minimum absolute atomic E-state index is 0.0128. The molecule has 2 aliphatic heterocycles. The number of rotatable bonds is 22. The van der Waals surface area contributed by atoms with Crippen molar-refractivity contribution in [3.63, 3.8) is 0 Å². The molecule has 3 amide bonds. The van der Waals surface area contributed by atoms with E-state index in [0.29, 0.717) is 17.8 Å². The molecule has 2 aromatic carbocycles. The van der Waals surface area contributed by atoms with Crippen LogP contribution in [-0.4, -0.2) is 68.5 Å². The standard InChI is InChI=1S/C38H58N6O5S/c1-2-3-4-5-6-7-8-9-10-11-12-13-14-15-19-26-50(48,49)41-31-28-35-38(47)42(25-24-39)34-23-22-30(27-33(34)37(46)43(35)29-31)36(45)44(40)32-20-17-16-18-21-32/h16-18,20-23,27,31,35,41H,2-15,19,24-26,28-29,39-40H2,1H3/t31-,35-/m0/s1. The predicted molar refractivity (Wildman–Crippen MR) is 200 cm³/mol. The largest absolute Gasteiger partial charge is 0.329 e. The molecule has 12 heteroatoms. The van der Waals surface area contributed by atoms with Crippen LogP contribution in [0.3, 0.4) is 0 Å². The average Bonchev–Trinajstić information content (AvgIpc) is 3.51. The molecule has 11 nitrogen and oxygen atoms in total. The molecule has 2 heterocycles. The Labute approximate surface area is 299 Å². The number of hydrazine groups is 1. The summed E-state index contributed by atoms with van der Waals surface area (Å²) in [5, 5.41) is 1.01. The predicted octanol–water partition coefficient (Wildman–Crippen LogP) is 5.89. The van der Waals surface area contributed by atoms with Crippen LogP contribution in [0.1, 0.15) is 130 Å². The van der Waals surface area contributed by atoms with E-state index in [9.17, 15) is 22.8 Å². The van der Waals surface area contributed by atoms with Gasteiger partial charge in [-0.1, -0.05) is 115 Å². The van der Waals surface area contributed by atoms with Crippen molar-refractivity contribution in [1.29, 1.82) is 0 Å². The van der Waals surface area contributed by atoms with Crippen LogP contribution in [0.4, 0.5) is 11.4 Å². The monoisotopic (exact) mass is 710 g/mol. The van der Waals surface area contributed by atoms with Gasteiger partial charge in [-0.15, -0.1) is 0 Å². The maximum absolute atomic E-state index is 14.0. The third-order valence-corrected chi connectivity index (χ3v) is 11.4. The van der Waals surface area contributed by atoms with E-state index in [1.807, 2.05) is 6.07 Å². The van der Waals surface area contributed by atoms with Crippen LogP contribution in [0.25, 0.3) is 0 Å². The van der Waals surface area contributed by atoms with Crippen molar-refractivity contribution in [3.05, 3.63) is 59.7 Å². The highest BCUT2D eigenvalue weighted by atomic mass is 32.2. The fourth-order valence-electron chi connectivity index (χ4n) is 7.09. The highest BCUT2D eigenvalue weighted by Gasteiger charge is 2.46. The number of nitrogens with one attached hydrogen (secondary N) is 1. The van der Waals surface area contributed by atoms with Crippen LogP contribution < -0.4 is 26.2 Å². The lowest BCUT2D eigenvalue weighted by atomic mass is 10.0. The Morgan fingerprint density at radius 2 is 1.44 bits per heavy atom. The lowest BCUT2D eigenvalue weighted by Gasteiger charge is -2.25. The molecular weight excluding hydrogens is 653 g/mol. The van der Waals surface area contributed by atoms with E-state index in [0.717, 1.165) is 24.3 Å². The minimum Gasteiger partial charge on any atom is -0.329 e. The van der Waals surface area contributed by atoms with E-state index < -0.39 is 33.9 Å². The molecule has 50 heavy (non-hydrogen) atoms. The number of sulfonamides is 1. The normalized spacial score (nSPS) is 17.5. The van der Waals surface area contributed by atoms with Crippen molar-refractivity contribution in [2.45, 2.75) is 122 Å². The van der Waals surface area contributed by atoms with Crippen molar-refractivity contribution in [2.75, 3.05) is 35.3 Å². The number of nitrogens with two attached hydrogens (primary N) is 2. The summed E-state index contributed by atoms with van der Waals surface area (Å²) >= 11 is 0. The van der Waals surface area contributed by atoms with E-state index in [1.165, 1.54) is 86.5 Å². The van der Waals surface area contributed by atoms with Gasteiger partial charge in [-0.3, -0.25) is 14.4 Å². The van der Waals surface area contributed by atoms with Gasteiger partial charge >= 0.3 is 0 Å². The van der Waals surface area contributed by atoms with E-state index >= 15 is 0 Å². The molecule has 5 N–H and O–H groups in total. The highest BCUT2D eigenvalue weighted by Crippen LogP contribution is 2.34. The summed E-state index contributed by atoms with van der Waals surface area (Å²) in [7, 11) is -3.60. The molecule has 4 rings (SSSR count). The van der Waals surface area contributed by atoms with Crippen LogP contribution in [0.5, 0.6) is 0 Å². The van der Waals surface area contributed by atoms with Gasteiger partial charge in [0.2, 0.25) is 15.9 Å². The van der Waals surface area contributed by atoms with Gasteiger partial charge in [-0.05, 0) is 43.2 Å². The molecule has 1 saturated heterocycles. The summed E-state index contributed by atoms with van der Waals surface area (Å²) in [5.74, 6) is 4.84. The molecule has 0 spiro atoms. The van der Waals surface area contributed by atoms with Crippen molar-refractivity contribution in [2.24, 2.45) is 11.6 Å². The molecule has 2 atom stereocenters. The van der Waals surface area contributed by atoms with Gasteiger partial charge in [-0.25, -0.2) is 24.0 Å². The first-order valence-electron chi connectivity index (χ1n) is 18.8. The van der Waals surface area contributed by atoms with Crippen molar-refractivity contribution < 1.29 is 22.8 Å². The van der Waals surface area contributed by atoms with Crippen LogP contribution in [-0.2, 0) is 14.8 Å². The fraction of sp³-hybridized carbons (Fsp3) is 0.605. The van der Waals surface area contributed by atoms with Gasteiger partial charge in [0.15, 0.2) is 0 Å². The molecule has 0 aliphatic carbocycles. The fourth-order valence-corrected chi connectivity index (χ4v) is 8.47. The second kappa shape index (κ2) is 19.9. The van der Waals surface area contributed by atoms with E-state index in [-0.39, 0.29) is 48.8 Å². The molecule has 0 bridgehead atoms. The molecule has 1 fully saturated rings. The van der Waals surface area contributed by atoms with Crippen molar-refractivity contribution >= 4 is 39.1 Å². The Bertz CT molecular complexity index is 1500. The SMILES string of the molecule is CCCCCCCCCCCCCCCCCS(=O)(=O)N[C@H]1C[C@H]2C(=O)N(CCN)c3ccc(C(=O)N(N)c4ccccc4)cc3C(=O)N2C1. The molecule has 0 radical (unpaired) electrons. The van der Waals surface area contributed by atoms with Gasteiger partial charge in [0.25, 0.3) is 11.8 Å². The topological polar surface area (TPSA) is 159 Å². The van der Waals surface area contributed by atoms with Crippen molar-refractivity contribution in [3.8, 4) is 0 Å². The smallest absolute Gasteiger partial charge is 0.272 e. The zero-order valence-electron chi connectivity index (χ0n) is 29.9. The maximum Gasteiger partial charge on any atom is 0.272 e. The van der Waals surface area contributed by atoms with E-state index in [4.69, 9.17) is 11.6 Å². The zero-order valence-corrected chi connectivity index (χ0v) is 30.7. The number of unbranched alkanes of at least 4 members (excludes halogenated alkanes) is 14. The van der Waals surface area contributed by atoms with Gasteiger partial charge in [0.05, 0.1) is 22.7 Å². The van der Waals surface area contributed by atoms with E-state index in [1.54, 1.807) is 36.4 Å². The first-order valence-corrected chi connectivity index (χ1v) is 20.4. The summed E-state index contributed by atoms with van der Waals surface area (Å²) in [6.45, 7) is 2.63. The molecule has 2 aromatic rings. The lowest BCUT2D eigenvalue weighted by Crippen LogP contribution is -2.46. The molecule has 2 aliphatic rings. The van der Waals surface area contributed by atoms with E-state index in [2.05, 4.69) is 11.6 Å². The average molecular weight is 711 g/mol. The third kappa shape index (κ3) is 11.1. The first-order chi connectivity index (χ1) is 24.2. The number of carbonyl (C=O) groups excluding carboxylic acids is 3. The molecule has 276 valence electrons. The zero-order chi connectivity index (χ0) is 35.9. The van der Waals surface area contributed by atoms with Crippen LogP contribution in [0.15, 0.2) is 48.5 Å². The highest BCUT2D eigenvalue weighted by molar-refractivity contribution is 7.89.